The second kappa shape index (κ2) is 12.6. The summed E-state index contributed by atoms with van der Waals surface area (Å²) in [5.74, 6) is 0. The molecule has 294 valence electrons. The van der Waals surface area contributed by atoms with Gasteiger partial charge >= 0.3 is 0 Å². The van der Waals surface area contributed by atoms with Gasteiger partial charge in [0.2, 0.25) is 0 Å². The molecule has 0 atom stereocenters. The van der Waals surface area contributed by atoms with E-state index in [1.165, 1.54) is 99.2 Å². The van der Waals surface area contributed by atoms with Crippen molar-refractivity contribution in [2.45, 2.75) is 57.8 Å². The Bertz CT molecular complexity index is 3360. The van der Waals surface area contributed by atoms with Crippen LogP contribution in [0.15, 0.2) is 182 Å². The van der Waals surface area contributed by atoms with Crippen LogP contribution in [0.3, 0.4) is 0 Å². The molecular weight excluding hydrogens is 737 g/mol. The smallest absolute Gasteiger partial charge is 0.0726 e. The first-order valence-corrected chi connectivity index (χ1v) is 21.8. The lowest BCUT2D eigenvalue weighted by molar-refractivity contribution is 0.589. The molecule has 1 aromatic heterocycles. The quantitative estimate of drug-likeness (QED) is 0.173. The predicted molar refractivity (Wildman–Crippen MR) is 259 cm³/mol. The molecule has 2 aliphatic carbocycles. The minimum atomic E-state index is -0.543. The van der Waals surface area contributed by atoms with Crippen molar-refractivity contribution in [2.24, 2.45) is 0 Å². The largest absolute Gasteiger partial charge is 0.310 e. The van der Waals surface area contributed by atoms with Gasteiger partial charge in [-0.3, -0.25) is 0 Å². The molecule has 2 aliphatic rings. The van der Waals surface area contributed by atoms with Gasteiger partial charge in [0.15, 0.2) is 0 Å². The van der Waals surface area contributed by atoms with Crippen LogP contribution >= 0.6 is 0 Å². The molecule has 0 bridgehead atoms. The van der Waals surface area contributed by atoms with E-state index in [4.69, 9.17) is 0 Å². The molecule has 0 saturated heterocycles. The van der Waals surface area contributed by atoms with E-state index >= 15 is 0 Å². The van der Waals surface area contributed by atoms with E-state index in [9.17, 15) is 0 Å². The van der Waals surface area contributed by atoms with E-state index in [-0.39, 0.29) is 10.8 Å². The van der Waals surface area contributed by atoms with Gasteiger partial charge < -0.3 is 9.47 Å². The number of para-hydroxylation sites is 2. The molecule has 1 heterocycles. The van der Waals surface area contributed by atoms with Gasteiger partial charge in [-0.25, -0.2) is 0 Å². The Morgan fingerprint density at radius 3 is 1.67 bits per heavy atom. The highest BCUT2D eigenvalue weighted by Crippen LogP contribution is 2.63. The zero-order valence-electron chi connectivity index (χ0n) is 35.7. The number of nitrogens with zero attached hydrogens (tertiary/aromatic N) is 2. The summed E-state index contributed by atoms with van der Waals surface area (Å²) in [4.78, 5) is 2.47. The van der Waals surface area contributed by atoms with E-state index in [2.05, 4.69) is 233 Å². The molecule has 0 amide bonds. The highest BCUT2D eigenvalue weighted by atomic mass is 15.1. The van der Waals surface area contributed by atoms with Gasteiger partial charge in [-0.1, -0.05) is 169 Å². The van der Waals surface area contributed by atoms with E-state index in [0.29, 0.717) is 0 Å². The Balaban J connectivity index is 1.26. The molecule has 0 aliphatic heterocycles. The number of hydrogen-bond acceptors (Lipinski definition) is 1. The molecule has 1 spiro atoms. The van der Waals surface area contributed by atoms with Gasteiger partial charge in [-0.05, 0) is 126 Å². The summed E-state index contributed by atoms with van der Waals surface area (Å²) in [5.41, 5.74) is 17.4. The van der Waals surface area contributed by atoms with Gasteiger partial charge in [0, 0.05) is 33.2 Å². The SMILES string of the molecule is CC(C)(C)c1ccc2c(c1)-c1cc(C(C)(C)C)ccc1C21c2ccc(N(c3ccccc3)c3ccc4ccccc4c3)c3ccc4c(c23)c2c1cccc2n4-c1ccccc1. The summed E-state index contributed by atoms with van der Waals surface area (Å²) in [6.07, 6.45) is 0. The van der Waals surface area contributed by atoms with Gasteiger partial charge in [0.05, 0.1) is 22.1 Å². The molecule has 2 heteroatoms. The fourth-order valence-corrected chi connectivity index (χ4v) is 11.0. The second-order valence-corrected chi connectivity index (χ2v) is 19.4. The van der Waals surface area contributed by atoms with Crippen LogP contribution in [0, 0.1) is 0 Å². The molecule has 0 radical (unpaired) electrons. The van der Waals surface area contributed by atoms with Crippen molar-refractivity contribution in [3.8, 4) is 16.8 Å². The van der Waals surface area contributed by atoms with E-state index in [1.54, 1.807) is 0 Å². The normalized spacial score (nSPS) is 13.9. The number of rotatable bonds is 4. The number of anilines is 3. The van der Waals surface area contributed by atoms with Crippen molar-refractivity contribution >= 4 is 60.4 Å². The van der Waals surface area contributed by atoms with Gasteiger partial charge in [0.1, 0.15) is 0 Å². The molecule has 0 saturated carbocycles. The fourth-order valence-electron chi connectivity index (χ4n) is 11.0. The van der Waals surface area contributed by atoms with Crippen LogP contribution in [0.1, 0.15) is 74.9 Å². The van der Waals surface area contributed by atoms with Crippen molar-refractivity contribution in [3.63, 3.8) is 0 Å². The van der Waals surface area contributed by atoms with E-state index in [0.717, 1.165) is 11.4 Å². The predicted octanol–water partition coefficient (Wildman–Crippen LogP) is 15.8. The molecule has 0 unspecified atom stereocenters. The van der Waals surface area contributed by atoms with Crippen LogP contribution < -0.4 is 4.90 Å². The maximum absolute atomic E-state index is 2.52. The van der Waals surface area contributed by atoms with Gasteiger partial charge in [0.25, 0.3) is 0 Å². The highest BCUT2D eigenvalue weighted by Gasteiger charge is 2.51. The minimum absolute atomic E-state index is 0.00338. The zero-order valence-corrected chi connectivity index (χ0v) is 35.7. The average Bonchev–Trinajstić information content (AvgIpc) is 3.77. The number of hydrogen-bond donors (Lipinski definition) is 0. The van der Waals surface area contributed by atoms with E-state index in [1.807, 2.05) is 0 Å². The van der Waals surface area contributed by atoms with Crippen LogP contribution in [0.5, 0.6) is 0 Å². The summed E-state index contributed by atoms with van der Waals surface area (Å²) in [7, 11) is 0. The van der Waals surface area contributed by atoms with E-state index < -0.39 is 5.41 Å². The second-order valence-electron chi connectivity index (χ2n) is 19.4. The highest BCUT2D eigenvalue weighted by molar-refractivity contribution is 6.28. The topological polar surface area (TPSA) is 8.17 Å². The average molecular weight is 785 g/mol. The van der Waals surface area contributed by atoms with Crippen molar-refractivity contribution in [1.82, 2.24) is 4.57 Å². The summed E-state index contributed by atoms with van der Waals surface area (Å²) in [6.45, 7) is 14.0. The number of benzene rings is 9. The summed E-state index contributed by atoms with van der Waals surface area (Å²) < 4.78 is 2.50. The van der Waals surface area contributed by atoms with Crippen LogP contribution in [-0.2, 0) is 16.2 Å². The minimum Gasteiger partial charge on any atom is -0.310 e. The standard InChI is InChI=1S/C59H48N2/c1-57(2,3)39-25-29-47-45(35-39)46-36-40(58(4,5)6)26-30-48(46)59(47)49-22-15-23-52-55(49)56-53(61(52)42-20-11-8-12-21-42)32-28-44-51(33-31-50(59)54(44)56)60(41-18-9-7-10-19-41)43-27-24-37-16-13-14-17-38(37)34-43/h7-36H,1-6H3. The third kappa shape index (κ3) is 4.97. The fraction of sp³-hybridized carbons (Fsp3) is 0.153. The molecule has 2 nitrogen and oxygen atoms in total. The first-order chi connectivity index (χ1) is 29.5. The van der Waals surface area contributed by atoms with Crippen molar-refractivity contribution in [2.75, 3.05) is 4.90 Å². The number of fused-ring (bicyclic) bond motifs is 8. The molecule has 12 rings (SSSR count). The third-order valence-corrected chi connectivity index (χ3v) is 13.8. The molecule has 61 heavy (non-hydrogen) atoms. The summed E-state index contributed by atoms with van der Waals surface area (Å²) >= 11 is 0. The van der Waals surface area contributed by atoms with Crippen LogP contribution in [0.4, 0.5) is 17.1 Å². The van der Waals surface area contributed by atoms with Crippen molar-refractivity contribution in [3.05, 3.63) is 215 Å². The Labute approximate surface area is 358 Å². The number of aromatic nitrogens is 1. The molecule has 0 fully saturated rings. The van der Waals surface area contributed by atoms with Crippen molar-refractivity contribution < 1.29 is 0 Å². The molecular formula is C59H48N2. The molecule has 10 aromatic rings. The monoisotopic (exact) mass is 784 g/mol. The lowest BCUT2D eigenvalue weighted by Gasteiger charge is -2.39. The Hall–Kier alpha value is -6.90. The zero-order chi connectivity index (χ0) is 41.4. The Kier molecular flexibility index (Phi) is 7.41. The molecule has 9 aromatic carbocycles. The Morgan fingerprint density at radius 2 is 1.00 bits per heavy atom. The Morgan fingerprint density at radius 1 is 0.410 bits per heavy atom. The van der Waals surface area contributed by atoms with Gasteiger partial charge in [-0.15, -0.1) is 0 Å². The lowest BCUT2D eigenvalue weighted by atomic mass is 9.62. The third-order valence-electron chi connectivity index (χ3n) is 13.8. The first kappa shape index (κ1) is 36.0. The van der Waals surface area contributed by atoms with Crippen molar-refractivity contribution in [1.29, 1.82) is 0 Å². The van der Waals surface area contributed by atoms with Crippen LogP contribution in [0.25, 0.3) is 60.2 Å². The maximum atomic E-state index is 2.52. The van der Waals surface area contributed by atoms with Crippen LogP contribution in [0.2, 0.25) is 0 Å². The lowest BCUT2D eigenvalue weighted by Crippen LogP contribution is -2.31. The maximum Gasteiger partial charge on any atom is 0.0726 e. The summed E-state index contributed by atoms with van der Waals surface area (Å²) in [5, 5.41) is 7.70. The van der Waals surface area contributed by atoms with Gasteiger partial charge in [-0.2, -0.15) is 0 Å². The summed E-state index contributed by atoms with van der Waals surface area (Å²) in [6, 6.07) is 69.0. The first-order valence-electron chi connectivity index (χ1n) is 21.8. The van der Waals surface area contributed by atoms with Crippen LogP contribution in [-0.4, -0.2) is 4.57 Å². The molecule has 0 N–H and O–H groups in total.